The third kappa shape index (κ3) is 4.09. The van der Waals surface area contributed by atoms with E-state index in [1.807, 2.05) is 0 Å². The molecule has 0 fully saturated rings. The fourth-order valence-corrected chi connectivity index (χ4v) is 2.04. The molecule has 4 N–H and O–H groups in total. The monoisotopic (exact) mass is 352 g/mol. The molecule has 2 rings (SSSR count). The van der Waals surface area contributed by atoms with Crippen molar-refractivity contribution >= 4 is 23.2 Å². The molecular formula is C16H16O9. The second-order valence-corrected chi connectivity index (χ2v) is 5.39. The predicted octanol–water partition coefficient (Wildman–Crippen LogP) is -1.35. The van der Waals surface area contributed by atoms with Crippen LogP contribution in [0.4, 0.5) is 0 Å². The van der Waals surface area contributed by atoms with Gasteiger partial charge in [-0.25, -0.2) is 9.59 Å². The lowest BCUT2D eigenvalue weighted by Crippen LogP contribution is -2.49. The number of aliphatic hydroxyl groups excluding tert-OH is 4. The summed E-state index contributed by atoms with van der Waals surface area (Å²) in [5.74, 6) is -1.42. The molecular weight excluding hydrogens is 336 g/mol. The van der Waals surface area contributed by atoms with Crippen LogP contribution in [-0.4, -0.2) is 57.1 Å². The van der Waals surface area contributed by atoms with Crippen LogP contribution in [-0.2, 0) is 9.59 Å². The number of aldehydes is 1. The Kier molecular flexibility index (Phi) is 5.65. The number of hydrogen-bond acceptors (Lipinski definition) is 9. The van der Waals surface area contributed by atoms with E-state index in [4.69, 9.17) is 14.3 Å². The summed E-state index contributed by atoms with van der Waals surface area (Å²) in [4.78, 5) is 33.7. The summed E-state index contributed by atoms with van der Waals surface area (Å²) >= 11 is 0. The van der Waals surface area contributed by atoms with E-state index in [-0.39, 0.29) is 17.6 Å². The largest absolute Gasteiger partial charge is 0.424 e. The minimum Gasteiger partial charge on any atom is -0.424 e. The lowest BCUT2D eigenvalue weighted by atomic mass is 10.0. The minimum atomic E-state index is -2.22. The number of carbonyl (C=O) groups is 2. The Labute approximate surface area is 140 Å². The molecule has 0 aliphatic rings. The van der Waals surface area contributed by atoms with E-state index in [2.05, 4.69) is 0 Å². The number of carbonyl (C=O) groups excluding carboxylic acids is 2. The first kappa shape index (κ1) is 18.7. The minimum absolute atomic E-state index is 0.0563. The fourth-order valence-electron chi connectivity index (χ4n) is 2.04. The number of hydrogen-bond donors (Lipinski definition) is 4. The molecule has 0 spiro atoms. The topological polar surface area (TPSA) is 154 Å². The Balaban J connectivity index is 2.16. The summed E-state index contributed by atoms with van der Waals surface area (Å²) in [7, 11) is 0. The van der Waals surface area contributed by atoms with Gasteiger partial charge in [-0.05, 0) is 25.1 Å². The van der Waals surface area contributed by atoms with E-state index in [0.29, 0.717) is 10.9 Å². The Morgan fingerprint density at radius 3 is 2.48 bits per heavy atom. The van der Waals surface area contributed by atoms with Gasteiger partial charge in [-0.15, -0.1) is 0 Å². The summed E-state index contributed by atoms with van der Waals surface area (Å²) in [5, 5.41) is 38.4. The lowest BCUT2D eigenvalue weighted by Gasteiger charge is -2.22. The molecule has 0 aliphatic heterocycles. The molecule has 134 valence electrons. The number of aliphatic hydroxyl groups is 4. The maximum atomic E-state index is 11.8. The molecule has 9 heteroatoms. The van der Waals surface area contributed by atoms with Crippen LogP contribution in [0.5, 0.6) is 5.75 Å². The van der Waals surface area contributed by atoms with E-state index >= 15 is 0 Å². The number of benzene rings is 1. The van der Waals surface area contributed by atoms with Gasteiger partial charge in [0.1, 0.15) is 29.6 Å². The van der Waals surface area contributed by atoms with Crippen LogP contribution in [0.1, 0.15) is 5.56 Å². The molecule has 0 saturated heterocycles. The molecule has 1 heterocycles. The van der Waals surface area contributed by atoms with Crippen molar-refractivity contribution in [3.05, 3.63) is 40.2 Å². The number of esters is 1. The predicted molar refractivity (Wildman–Crippen MR) is 82.9 cm³/mol. The van der Waals surface area contributed by atoms with Crippen LogP contribution in [0.15, 0.2) is 33.5 Å². The smallest absolute Gasteiger partial charge is 0.343 e. The maximum absolute atomic E-state index is 11.8. The third-order valence-electron chi connectivity index (χ3n) is 3.50. The van der Waals surface area contributed by atoms with Gasteiger partial charge >= 0.3 is 11.6 Å². The first-order valence-corrected chi connectivity index (χ1v) is 7.18. The molecule has 0 radical (unpaired) electrons. The highest BCUT2D eigenvalue weighted by Crippen LogP contribution is 2.21. The van der Waals surface area contributed by atoms with Crippen molar-refractivity contribution in [3.63, 3.8) is 0 Å². The first-order chi connectivity index (χ1) is 11.7. The molecule has 0 aliphatic carbocycles. The van der Waals surface area contributed by atoms with Gasteiger partial charge in [0.2, 0.25) is 0 Å². The lowest BCUT2D eigenvalue weighted by molar-refractivity contribution is -0.161. The van der Waals surface area contributed by atoms with E-state index in [1.54, 1.807) is 13.0 Å². The molecule has 1 aromatic heterocycles. The van der Waals surface area contributed by atoms with Gasteiger partial charge in [0.05, 0.1) is 0 Å². The Bertz CT molecular complexity index is 841. The van der Waals surface area contributed by atoms with Crippen molar-refractivity contribution in [1.82, 2.24) is 0 Å². The fraction of sp³-hybridized carbons (Fsp3) is 0.312. The van der Waals surface area contributed by atoms with Gasteiger partial charge < -0.3 is 34.4 Å². The quantitative estimate of drug-likeness (QED) is 0.214. The van der Waals surface area contributed by atoms with Crippen molar-refractivity contribution in [2.75, 3.05) is 0 Å². The van der Waals surface area contributed by atoms with Crippen molar-refractivity contribution in [3.8, 4) is 5.75 Å². The van der Waals surface area contributed by atoms with E-state index in [9.17, 15) is 29.7 Å². The molecule has 25 heavy (non-hydrogen) atoms. The van der Waals surface area contributed by atoms with E-state index < -0.39 is 36.0 Å². The number of rotatable bonds is 6. The molecule has 0 bridgehead atoms. The van der Waals surface area contributed by atoms with Gasteiger partial charge in [-0.2, -0.15) is 0 Å². The standard InChI is InChI=1S/C16H16O9/c1-7-4-8-2-3-9(5-11(8)25-15(7)22)24-16(23)14(21)13(20)12(19)10(18)6-17/h2-6,10,12-14,18-21H,1H3/t10-,12+,13-,14-/m0/s1. The van der Waals surface area contributed by atoms with Crippen LogP contribution >= 0.6 is 0 Å². The Hall–Kier alpha value is -2.59. The molecule has 2 aromatic rings. The van der Waals surface area contributed by atoms with Gasteiger partial charge in [0, 0.05) is 17.0 Å². The van der Waals surface area contributed by atoms with Gasteiger partial charge in [0.15, 0.2) is 12.4 Å². The Morgan fingerprint density at radius 1 is 1.16 bits per heavy atom. The van der Waals surface area contributed by atoms with Crippen LogP contribution in [0.2, 0.25) is 0 Å². The summed E-state index contributed by atoms with van der Waals surface area (Å²) in [6.45, 7) is 1.58. The summed E-state index contributed by atoms with van der Waals surface area (Å²) in [6.07, 6.45) is -8.47. The number of fused-ring (bicyclic) bond motifs is 1. The molecule has 1 aromatic carbocycles. The SMILES string of the molecule is Cc1cc2ccc(OC(=O)[C@@H](O)[C@@H](O)[C@H](O)[C@@H](O)C=O)cc2oc1=O. The average molecular weight is 352 g/mol. The summed E-state index contributed by atoms with van der Waals surface area (Å²) < 4.78 is 9.88. The van der Waals surface area contributed by atoms with Crippen molar-refractivity contribution in [2.24, 2.45) is 0 Å². The average Bonchev–Trinajstić information content (AvgIpc) is 2.60. The summed E-state index contributed by atoms with van der Waals surface area (Å²) in [6, 6.07) is 5.71. The maximum Gasteiger partial charge on any atom is 0.343 e. The van der Waals surface area contributed by atoms with Crippen LogP contribution < -0.4 is 10.4 Å². The molecule has 4 atom stereocenters. The van der Waals surface area contributed by atoms with Crippen molar-refractivity contribution < 1.29 is 39.2 Å². The zero-order valence-electron chi connectivity index (χ0n) is 13.0. The number of ether oxygens (including phenoxy) is 1. The first-order valence-electron chi connectivity index (χ1n) is 7.18. The highest BCUT2D eigenvalue weighted by atomic mass is 16.6. The van der Waals surface area contributed by atoms with E-state index in [1.165, 1.54) is 18.2 Å². The highest BCUT2D eigenvalue weighted by molar-refractivity contribution is 5.82. The van der Waals surface area contributed by atoms with Crippen molar-refractivity contribution in [1.29, 1.82) is 0 Å². The molecule has 0 unspecified atom stereocenters. The van der Waals surface area contributed by atoms with Crippen molar-refractivity contribution in [2.45, 2.75) is 31.3 Å². The van der Waals surface area contributed by atoms with Gasteiger partial charge in [-0.1, -0.05) is 0 Å². The van der Waals surface area contributed by atoms with E-state index in [0.717, 1.165) is 0 Å². The molecule has 9 nitrogen and oxygen atoms in total. The number of aryl methyl sites for hydroxylation is 1. The highest BCUT2D eigenvalue weighted by Gasteiger charge is 2.35. The second-order valence-electron chi connectivity index (χ2n) is 5.39. The zero-order chi connectivity index (χ0) is 18.7. The van der Waals surface area contributed by atoms with Crippen LogP contribution in [0.3, 0.4) is 0 Å². The third-order valence-corrected chi connectivity index (χ3v) is 3.50. The molecule has 0 saturated carbocycles. The van der Waals surface area contributed by atoms with Crippen LogP contribution in [0.25, 0.3) is 11.0 Å². The van der Waals surface area contributed by atoms with Crippen LogP contribution in [0, 0.1) is 6.92 Å². The summed E-state index contributed by atoms with van der Waals surface area (Å²) in [5.41, 5.74) is -0.0109. The molecule has 0 amide bonds. The second kappa shape index (κ2) is 7.53. The normalized spacial score (nSPS) is 16.0. The zero-order valence-corrected chi connectivity index (χ0v) is 13.0. The van der Waals surface area contributed by atoms with Gasteiger partial charge in [0.25, 0.3) is 0 Å². The van der Waals surface area contributed by atoms with Gasteiger partial charge in [-0.3, -0.25) is 0 Å². The Morgan fingerprint density at radius 2 is 1.84 bits per heavy atom.